The van der Waals surface area contributed by atoms with E-state index in [-0.39, 0.29) is 29.9 Å². The topological polar surface area (TPSA) is 55.9 Å². The molecule has 6 heteroatoms. The van der Waals surface area contributed by atoms with Crippen LogP contribution in [0.4, 0.5) is 5.69 Å². The maximum Gasteiger partial charge on any atom is 0.239 e. The van der Waals surface area contributed by atoms with E-state index in [4.69, 9.17) is 0 Å². The third-order valence-electron chi connectivity index (χ3n) is 7.74. The summed E-state index contributed by atoms with van der Waals surface area (Å²) in [6, 6.07) is 17.0. The summed E-state index contributed by atoms with van der Waals surface area (Å²) in [5.74, 6) is 0.312. The fourth-order valence-electron chi connectivity index (χ4n) is 5.78. The second-order valence-corrected chi connectivity index (χ2v) is 9.78. The molecule has 33 heavy (non-hydrogen) atoms. The molecule has 0 aromatic heterocycles. The number of fused-ring (bicyclic) bond motifs is 2. The molecule has 3 atom stereocenters. The number of carbonyl (C=O) groups excluding carboxylic acids is 2. The van der Waals surface area contributed by atoms with E-state index in [0.29, 0.717) is 13.0 Å². The first-order chi connectivity index (χ1) is 16.0. The zero-order valence-corrected chi connectivity index (χ0v) is 19.7. The van der Waals surface area contributed by atoms with Gasteiger partial charge in [-0.15, -0.1) is 0 Å². The number of likely N-dealkylation sites (N-methyl/N-ethyl adjacent to an activating group) is 1. The Kier molecular flexibility index (Phi) is 6.21. The van der Waals surface area contributed by atoms with Gasteiger partial charge in [0.05, 0.1) is 0 Å². The van der Waals surface area contributed by atoms with Gasteiger partial charge in [-0.1, -0.05) is 48.0 Å². The SMILES string of the molecule is Cc1ccc(CN2CCC3C2C(=O)NCC(CCC(=O)N2CCc4ccccc42)N3C)cc1. The van der Waals surface area contributed by atoms with Crippen LogP contribution in [0.25, 0.3) is 0 Å². The molecule has 2 amide bonds. The number of rotatable bonds is 5. The fraction of sp³-hybridized carbons (Fsp3) is 0.481. The number of anilines is 1. The van der Waals surface area contributed by atoms with E-state index >= 15 is 0 Å². The van der Waals surface area contributed by atoms with Crippen LogP contribution in [0.3, 0.4) is 0 Å². The zero-order chi connectivity index (χ0) is 22.9. The van der Waals surface area contributed by atoms with Crippen LogP contribution in [0.15, 0.2) is 48.5 Å². The Bertz CT molecular complexity index is 1020. The molecule has 3 unspecified atom stereocenters. The molecule has 0 spiro atoms. The molecule has 5 rings (SSSR count). The highest BCUT2D eigenvalue weighted by atomic mass is 16.2. The van der Waals surface area contributed by atoms with Gasteiger partial charge in [0.25, 0.3) is 0 Å². The van der Waals surface area contributed by atoms with Crippen molar-refractivity contribution in [3.05, 3.63) is 65.2 Å². The quantitative estimate of drug-likeness (QED) is 0.768. The van der Waals surface area contributed by atoms with Gasteiger partial charge >= 0.3 is 0 Å². The smallest absolute Gasteiger partial charge is 0.239 e. The molecule has 2 aromatic carbocycles. The first-order valence-corrected chi connectivity index (χ1v) is 12.2. The fourth-order valence-corrected chi connectivity index (χ4v) is 5.78. The van der Waals surface area contributed by atoms with Crippen LogP contribution in [0, 0.1) is 6.92 Å². The summed E-state index contributed by atoms with van der Waals surface area (Å²) in [7, 11) is 2.13. The summed E-state index contributed by atoms with van der Waals surface area (Å²) in [5.41, 5.74) is 4.81. The minimum atomic E-state index is -0.137. The molecule has 3 aliphatic rings. The molecular weight excluding hydrogens is 412 g/mol. The van der Waals surface area contributed by atoms with E-state index in [1.807, 2.05) is 23.1 Å². The lowest BCUT2D eigenvalue weighted by molar-refractivity contribution is -0.126. The maximum absolute atomic E-state index is 13.1. The molecular formula is C27H34N4O2. The number of amides is 2. The number of para-hydroxylation sites is 1. The van der Waals surface area contributed by atoms with Crippen molar-refractivity contribution in [3.8, 4) is 0 Å². The van der Waals surface area contributed by atoms with E-state index in [0.717, 1.165) is 44.6 Å². The highest BCUT2D eigenvalue weighted by Crippen LogP contribution is 2.30. The number of hydrogen-bond donors (Lipinski definition) is 1. The van der Waals surface area contributed by atoms with Crippen LogP contribution in [-0.2, 0) is 22.6 Å². The lowest BCUT2D eigenvalue weighted by Crippen LogP contribution is -2.49. The first-order valence-electron chi connectivity index (χ1n) is 12.2. The van der Waals surface area contributed by atoms with Gasteiger partial charge in [-0.3, -0.25) is 19.4 Å². The van der Waals surface area contributed by atoms with E-state index in [1.165, 1.54) is 16.7 Å². The summed E-state index contributed by atoms with van der Waals surface area (Å²) in [6.07, 6.45) is 3.17. The van der Waals surface area contributed by atoms with Crippen LogP contribution in [0.2, 0.25) is 0 Å². The van der Waals surface area contributed by atoms with Gasteiger partial charge in [0.15, 0.2) is 0 Å². The Morgan fingerprint density at radius 3 is 2.70 bits per heavy atom. The Hall–Kier alpha value is -2.70. The molecule has 174 valence electrons. The Balaban J connectivity index is 1.22. The zero-order valence-electron chi connectivity index (χ0n) is 19.7. The Morgan fingerprint density at radius 1 is 1.09 bits per heavy atom. The second-order valence-electron chi connectivity index (χ2n) is 9.78. The van der Waals surface area contributed by atoms with Crippen molar-refractivity contribution in [1.82, 2.24) is 15.1 Å². The molecule has 3 heterocycles. The number of benzene rings is 2. The van der Waals surface area contributed by atoms with Crippen molar-refractivity contribution in [2.45, 2.75) is 57.3 Å². The van der Waals surface area contributed by atoms with Gasteiger partial charge in [0.1, 0.15) is 6.04 Å². The van der Waals surface area contributed by atoms with Crippen molar-refractivity contribution in [3.63, 3.8) is 0 Å². The molecule has 0 radical (unpaired) electrons. The average molecular weight is 447 g/mol. The highest BCUT2D eigenvalue weighted by Gasteiger charge is 2.45. The number of nitrogens with zero attached hydrogens (tertiary/aromatic N) is 3. The second kappa shape index (κ2) is 9.27. The van der Waals surface area contributed by atoms with Crippen molar-refractivity contribution in [2.24, 2.45) is 0 Å². The van der Waals surface area contributed by atoms with Gasteiger partial charge in [-0.05, 0) is 50.4 Å². The molecule has 6 nitrogen and oxygen atoms in total. The average Bonchev–Trinajstić information content (AvgIpc) is 3.41. The molecule has 1 N–H and O–H groups in total. The summed E-state index contributed by atoms with van der Waals surface area (Å²) in [5, 5.41) is 3.18. The van der Waals surface area contributed by atoms with Crippen molar-refractivity contribution in [1.29, 1.82) is 0 Å². The molecule has 0 bridgehead atoms. The van der Waals surface area contributed by atoms with Gasteiger partial charge in [0.2, 0.25) is 11.8 Å². The first kappa shape index (κ1) is 22.1. The van der Waals surface area contributed by atoms with E-state index in [2.05, 4.69) is 59.4 Å². The number of nitrogens with one attached hydrogen (secondary N) is 1. The van der Waals surface area contributed by atoms with Crippen LogP contribution in [-0.4, -0.2) is 66.4 Å². The summed E-state index contributed by atoms with van der Waals surface area (Å²) >= 11 is 0. The third kappa shape index (κ3) is 4.42. The Labute approximate surface area is 196 Å². The molecule has 3 aliphatic heterocycles. The molecule has 2 aromatic rings. The van der Waals surface area contributed by atoms with Crippen molar-refractivity contribution < 1.29 is 9.59 Å². The summed E-state index contributed by atoms with van der Waals surface area (Å²) in [6.45, 7) is 5.17. The molecule has 2 fully saturated rings. The van der Waals surface area contributed by atoms with Gasteiger partial charge in [-0.25, -0.2) is 0 Å². The number of hydrogen-bond acceptors (Lipinski definition) is 4. The van der Waals surface area contributed by atoms with Crippen LogP contribution in [0.1, 0.15) is 36.0 Å². The van der Waals surface area contributed by atoms with Crippen molar-refractivity contribution >= 4 is 17.5 Å². The number of aryl methyl sites for hydroxylation is 1. The minimum Gasteiger partial charge on any atom is -0.353 e. The highest BCUT2D eigenvalue weighted by molar-refractivity contribution is 5.95. The van der Waals surface area contributed by atoms with Crippen LogP contribution >= 0.6 is 0 Å². The normalized spacial score (nSPS) is 25.5. The van der Waals surface area contributed by atoms with Gasteiger partial charge in [-0.2, -0.15) is 0 Å². The minimum absolute atomic E-state index is 0.124. The van der Waals surface area contributed by atoms with Crippen LogP contribution in [0.5, 0.6) is 0 Å². The van der Waals surface area contributed by atoms with E-state index < -0.39 is 0 Å². The van der Waals surface area contributed by atoms with Gasteiger partial charge in [0, 0.05) is 50.4 Å². The summed E-state index contributed by atoms with van der Waals surface area (Å²) < 4.78 is 0. The molecule has 0 aliphatic carbocycles. The number of likely N-dealkylation sites (tertiary alicyclic amines) is 1. The largest absolute Gasteiger partial charge is 0.353 e. The van der Waals surface area contributed by atoms with Crippen LogP contribution < -0.4 is 10.2 Å². The van der Waals surface area contributed by atoms with Crippen molar-refractivity contribution in [2.75, 3.05) is 31.6 Å². The predicted molar refractivity (Wildman–Crippen MR) is 130 cm³/mol. The standard InChI is InChI=1S/C27H34N4O2/c1-19-7-9-20(10-8-19)18-30-15-14-24-26(30)27(33)28-17-22(29(24)2)11-12-25(32)31-16-13-21-5-3-4-6-23(21)31/h3-10,22,24,26H,11-18H2,1-2H3,(H,28,33). The van der Waals surface area contributed by atoms with Gasteiger partial charge < -0.3 is 10.2 Å². The molecule has 0 saturated carbocycles. The lowest BCUT2D eigenvalue weighted by Gasteiger charge is -2.33. The third-order valence-corrected chi connectivity index (χ3v) is 7.74. The monoisotopic (exact) mass is 446 g/mol. The maximum atomic E-state index is 13.1. The predicted octanol–water partition coefficient (Wildman–Crippen LogP) is 2.74. The molecule has 2 saturated heterocycles. The van der Waals surface area contributed by atoms with E-state index in [9.17, 15) is 9.59 Å². The van der Waals surface area contributed by atoms with E-state index in [1.54, 1.807) is 0 Å². The Morgan fingerprint density at radius 2 is 1.88 bits per heavy atom. The summed E-state index contributed by atoms with van der Waals surface area (Å²) in [4.78, 5) is 32.7. The lowest BCUT2D eigenvalue weighted by atomic mass is 10.0. The number of carbonyl (C=O) groups is 2.